The van der Waals surface area contributed by atoms with Crippen molar-refractivity contribution in [1.82, 2.24) is 14.7 Å². The number of amides is 2. The zero-order valence-electron chi connectivity index (χ0n) is 17.3. The summed E-state index contributed by atoms with van der Waals surface area (Å²) in [7, 11) is 0. The molecule has 1 saturated heterocycles. The van der Waals surface area contributed by atoms with Crippen molar-refractivity contribution < 1.29 is 19.1 Å². The number of aromatic nitrogens is 2. The van der Waals surface area contributed by atoms with E-state index < -0.39 is 18.5 Å². The zero-order valence-corrected chi connectivity index (χ0v) is 17.3. The Kier molecular flexibility index (Phi) is 5.93. The maximum atomic E-state index is 12.8. The van der Waals surface area contributed by atoms with Gasteiger partial charge < -0.3 is 4.74 Å². The number of aryl methyl sites for hydroxylation is 1. The van der Waals surface area contributed by atoms with Gasteiger partial charge in [0.1, 0.15) is 11.3 Å². The van der Waals surface area contributed by atoms with Gasteiger partial charge >= 0.3 is 5.97 Å². The number of nitrogens with zero attached hydrogens (tertiary/aromatic N) is 3. The third-order valence-electron chi connectivity index (χ3n) is 5.20. The van der Waals surface area contributed by atoms with Gasteiger partial charge in [-0.1, -0.05) is 60.2 Å². The summed E-state index contributed by atoms with van der Waals surface area (Å²) in [6, 6.07) is 17.5. The lowest BCUT2D eigenvalue weighted by Gasteiger charge is -2.13. The molecule has 2 amide bonds. The highest BCUT2D eigenvalue weighted by atomic mass is 16.5. The van der Waals surface area contributed by atoms with E-state index in [1.54, 1.807) is 10.9 Å². The molecule has 158 valence electrons. The fourth-order valence-corrected chi connectivity index (χ4v) is 3.54. The Bertz CT molecular complexity index is 1100. The molecule has 3 aromatic rings. The summed E-state index contributed by atoms with van der Waals surface area (Å²) >= 11 is 0. The second kappa shape index (κ2) is 8.95. The molecule has 0 atom stereocenters. The van der Waals surface area contributed by atoms with Gasteiger partial charge in [0.15, 0.2) is 6.61 Å². The van der Waals surface area contributed by atoms with Crippen LogP contribution in [0.5, 0.6) is 0 Å². The van der Waals surface area contributed by atoms with Gasteiger partial charge in [0.25, 0.3) is 5.91 Å². The van der Waals surface area contributed by atoms with Crippen LogP contribution in [0.15, 0.2) is 60.8 Å². The average Bonchev–Trinajstić information content (AvgIpc) is 3.39. The van der Waals surface area contributed by atoms with Gasteiger partial charge in [-0.2, -0.15) is 5.10 Å². The highest BCUT2D eigenvalue weighted by Crippen LogP contribution is 2.24. The summed E-state index contributed by atoms with van der Waals surface area (Å²) in [6.45, 7) is 2.38. The predicted molar refractivity (Wildman–Crippen MR) is 114 cm³/mol. The second-order valence-electron chi connectivity index (χ2n) is 7.56. The number of carbonyl (C=O) groups is 3. The molecule has 31 heavy (non-hydrogen) atoms. The number of likely N-dealkylation sites (tertiary alicyclic amines) is 1. The number of ether oxygens (including phenoxy) is 1. The largest absolute Gasteiger partial charge is 0.452 e. The third kappa shape index (κ3) is 4.71. The van der Waals surface area contributed by atoms with Crippen LogP contribution in [0.25, 0.3) is 11.3 Å². The molecule has 0 saturated carbocycles. The van der Waals surface area contributed by atoms with Gasteiger partial charge in [0, 0.05) is 24.7 Å². The molecule has 1 fully saturated rings. The third-order valence-corrected chi connectivity index (χ3v) is 5.20. The van der Waals surface area contributed by atoms with E-state index in [9.17, 15) is 14.4 Å². The average molecular weight is 417 g/mol. The second-order valence-corrected chi connectivity index (χ2v) is 7.56. The minimum Gasteiger partial charge on any atom is -0.452 e. The topological polar surface area (TPSA) is 81.5 Å². The van der Waals surface area contributed by atoms with Crippen molar-refractivity contribution in [2.75, 3.05) is 13.2 Å². The lowest BCUT2D eigenvalue weighted by atomic mass is 10.1. The van der Waals surface area contributed by atoms with E-state index in [0.717, 1.165) is 21.6 Å². The smallest absolute Gasteiger partial charge is 0.342 e. The Morgan fingerprint density at radius 1 is 1.06 bits per heavy atom. The minimum atomic E-state index is -0.644. The highest BCUT2D eigenvalue weighted by Gasteiger charge is 2.28. The van der Waals surface area contributed by atoms with Crippen molar-refractivity contribution in [3.63, 3.8) is 0 Å². The van der Waals surface area contributed by atoms with Crippen LogP contribution in [0.2, 0.25) is 0 Å². The summed E-state index contributed by atoms with van der Waals surface area (Å²) < 4.78 is 6.95. The van der Waals surface area contributed by atoms with Gasteiger partial charge in [-0.05, 0) is 18.9 Å². The number of imide groups is 1. The number of hydrogen-bond donors (Lipinski definition) is 0. The molecule has 0 bridgehead atoms. The first-order valence-electron chi connectivity index (χ1n) is 10.2. The molecular weight excluding hydrogens is 394 g/mol. The van der Waals surface area contributed by atoms with Gasteiger partial charge in [-0.3, -0.25) is 19.2 Å². The van der Waals surface area contributed by atoms with E-state index in [2.05, 4.69) is 5.10 Å². The lowest BCUT2D eigenvalue weighted by molar-refractivity contribution is -0.143. The van der Waals surface area contributed by atoms with Crippen LogP contribution in [0.4, 0.5) is 0 Å². The maximum Gasteiger partial charge on any atom is 0.342 e. The first kappa shape index (κ1) is 20.5. The Labute approximate surface area is 180 Å². The number of rotatable bonds is 6. The molecule has 0 N–H and O–H groups in total. The Balaban J connectivity index is 1.56. The summed E-state index contributed by atoms with van der Waals surface area (Å²) in [5.41, 5.74) is 3.69. The molecule has 7 heteroatoms. The van der Waals surface area contributed by atoms with Crippen LogP contribution >= 0.6 is 0 Å². The van der Waals surface area contributed by atoms with Crippen LogP contribution in [-0.4, -0.2) is 45.6 Å². The monoisotopic (exact) mass is 417 g/mol. The van der Waals surface area contributed by atoms with E-state index in [1.165, 1.54) is 0 Å². The molecule has 0 unspecified atom stereocenters. The zero-order chi connectivity index (χ0) is 21.8. The molecule has 4 rings (SSSR count). The predicted octanol–water partition coefficient (Wildman–Crippen LogP) is 3.21. The number of hydrogen-bond acceptors (Lipinski definition) is 5. The van der Waals surface area contributed by atoms with Crippen molar-refractivity contribution in [1.29, 1.82) is 0 Å². The van der Waals surface area contributed by atoms with Crippen molar-refractivity contribution in [2.24, 2.45) is 0 Å². The lowest BCUT2D eigenvalue weighted by Crippen LogP contribution is -2.35. The SMILES string of the molecule is Cc1ccc(-c2nn(Cc3ccccc3)cc2C(=O)OCC(=O)N2CCCC2=O)cc1. The van der Waals surface area contributed by atoms with E-state index in [1.807, 2.05) is 61.5 Å². The maximum absolute atomic E-state index is 12.8. The molecule has 1 aromatic heterocycles. The molecule has 0 aliphatic carbocycles. The fourth-order valence-electron chi connectivity index (χ4n) is 3.54. The van der Waals surface area contributed by atoms with Crippen molar-refractivity contribution in [2.45, 2.75) is 26.3 Å². The number of carbonyl (C=O) groups excluding carboxylic acids is 3. The first-order chi connectivity index (χ1) is 15.0. The van der Waals surface area contributed by atoms with Crippen molar-refractivity contribution in [3.05, 3.63) is 77.5 Å². The van der Waals surface area contributed by atoms with Crippen molar-refractivity contribution >= 4 is 17.8 Å². The minimum absolute atomic E-state index is 0.225. The molecule has 1 aliphatic heterocycles. The van der Waals surface area contributed by atoms with E-state index in [-0.39, 0.29) is 11.5 Å². The molecule has 2 aromatic carbocycles. The van der Waals surface area contributed by atoms with Crippen LogP contribution in [0, 0.1) is 6.92 Å². The van der Waals surface area contributed by atoms with Crippen LogP contribution < -0.4 is 0 Å². The van der Waals surface area contributed by atoms with Crippen LogP contribution in [-0.2, 0) is 20.9 Å². The molecule has 1 aliphatic rings. The standard InChI is InChI=1S/C24H23N3O4/c1-17-9-11-19(12-10-17)23-20(15-26(25-23)14-18-6-3-2-4-7-18)24(30)31-16-22(29)27-13-5-8-21(27)28/h2-4,6-7,9-12,15H,5,8,13-14,16H2,1H3. The molecule has 0 radical (unpaired) electrons. The summed E-state index contributed by atoms with van der Waals surface area (Å²) in [5.74, 6) is -1.36. The molecular formula is C24H23N3O4. The normalized spacial score (nSPS) is 13.5. The van der Waals surface area contributed by atoms with Gasteiger partial charge in [0.05, 0.1) is 6.54 Å². The number of benzene rings is 2. The summed E-state index contributed by atoms with van der Waals surface area (Å²) in [5, 5.41) is 4.61. The molecule has 7 nitrogen and oxygen atoms in total. The Hall–Kier alpha value is -3.74. The van der Waals surface area contributed by atoms with Crippen molar-refractivity contribution in [3.8, 4) is 11.3 Å². The van der Waals surface area contributed by atoms with Gasteiger partial charge in [-0.15, -0.1) is 0 Å². The molecule has 2 heterocycles. The van der Waals surface area contributed by atoms with E-state index in [4.69, 9.17) is 4.74 Å². The first-order valence-corrected chi connectivity index (χ1v) is 10.2. The van der Waals surface area contributed by atoms with Crippen LogP contribution in [0.1, 0.15) is 34.3 Å². The summed E-state index contributed by atoms with van der Waals surface area (Å²) in [6.07, 6.45) is 2.63. The van der Waals surface area contributed by atoms with Gasteiger partial charge in [-0.25, -0.2) is 4.79 Å². The molecule has 0 spiro atoms. The van der Waals surface area contributed by atoms with Crippen LogP contribution in [0.3, 0.4) is 0 Å². The summed E-state index contributed by atoms with van der Waals surface area (Å²) in [4.78, 5) is 37.9. The number of esters is 1. The fraction of sp³-hybridized carbons (Fsp3) is 0.250. The van der Waals surface area contributed by atoms with Gasteiger partial charge in [0.2, 0.25) is 5.91 Å². The van der Waals surface area contributed by atoms with E-state index in [0.29, 0.717) is 31.6 Å². The highest BCUT2D eigenvalue weighted by molar-refractivity contribution is 6.00. The Morgan fingerprint density at radius 2 is 1.81 bits per heavy atom. The Morgan fingerprint density at radius 3 is 2.48 bits per heavy atom. The van der Waals surface area contributed by atoms with E-state index >= 15 is 0 Å². The quantitative estimate of drug-likeness (QED) is 0.575.